The van der Waals surface area contributed by atoms with Crippen molar-refractivity contribution in [2.75, 3.05) is 13.7 Å². The van der Waals surface area contributed by atoms with E-state index >= 15 is 0 Å². The number of hydrogen-bond acceptors (Lipinski definition) is 5. The Hall–Kier alpha value is -3.17. The van der Waals surface area contributed by atoms with Crippen LogP contribution in [0.15, 0.2) is 30.6 Å². The molecule has 1 heterocycles. The summed E-state index contributed by atoms with van der Waals surface area (Å²) in [5, 5.41) is 11.5. The fourth-order valence-corrected chi connectivity index (χ4v) is 2.09. The molecular weight excluding hydrogens is 355 g/mol. The van der Waals surface area contributed by atoms with Gasteiger partial charge in [0.1, 0.15) is 5.75 Å². The molecule has 1 amide bonds. The number of alkyl halides is 3. The molecule has 0 radical (unpaired) electrons. The van der Waals surface area contributed by atoms with Crippen molar-refractivity contribution in [3.63, 3.8) is 0 Å². The van der Waals surface area contributed by atoms with Gasteiger partial charge in [0.05, 0.1) is 18.2 Å². The Kier molecular flexibility index (Phi) is 5.75. The lowest BCUT2D eigenvalue weighted by Crippen LogP contribution is -2.26. The van der Waals surface area contributed by atoms with Crippen LogP contribution in [-0.2, 0) is 12.6 Å². The monoisotopic (exact) mass is 369 g/mol. The first-order chi connectivity index (χ1) is 12.2. The first-order valence-electron chi connectivity index (χ1n) is 7.30. The zero-order valence-corrected chi connectivity index (χ0v) is 13.5. The van der Waals surface area contributed by atoms with Gasteiger partial charge in [0.25, 0.3) is 5.91 Å². The van der Waals surface area contributed by atoms with E-state index in [1.165, 1.54) is 19.2 Å². The van der Waals surface area contributed by atoms with Crippen molar-refractivity contribution in [2.45, 2.75) is 12.6 Å². The Morgan fingerprint density at radius 2 is 1.85 bits per heavy atom. The van der Waals surface area contributed by atoms with Crippen LogP contribution in [-0.4, -0.2) is 40.6 Å². The first-order valence-corrected chi connectivity index (χ1v) is 7.30. The molecule has 0 aliphatic rings. The van der Waals surface area contributed by atoms with Crippen molar-refractivity contribution in [2.24, 2.45) is 0 Å². The van der Waals surface area contributed by atoms with Crippen LogP contribution in [0.1, 0.15) is 32.1 Å². The molecule has 2 aromatic rings. The number of nitrogens with zero attached hydrogens (tertiary/aromatic N) is 2. The van der Waals surface area contributed by atoms with Crippen LogP contribution in [0.25, 0.3) is 0 Å². The molecule has 2 rings (SSSR count). The SMILES string of the molecule is COc1cc(C(=O)O)ccc1CCNC(=O)c1cnc(C(F)(F)F)nc1. The number of aromatic carboxylic acids is 1. The highest BCUT2D eigenvalue weighted by atomic mass is 19.4. The standard InChI is InChI=1S/C16H14F3N3O4/c1-26-12-6-10(14(24)25)3-2-9(12)4-5-20-13(23)11-7-21-15(22-8-11)16(17,18)19/h2-3,6-8H,4-5H2,1H3,(H,20,23)(H,24,25). The summed E-state index contributed by atoms with van der Waals surface area (Å²) in [5.74, 6) is -2.68. The second kappa shape index (κ2) is 7.81. The van der Waals surface area contributed by atoms with E-state index < -0.39 is 23.9 Å². The third-order valence-corrected chi connectivity index (χ3v) is 3.38. The zero-order chi connectivity index (χ0) is 19.3. The van der Waals surface area contributed by atoms with Crippen molar-refractivity contribution in [3.8, 4) is 5.75 Å². The lowest BCUT2D eigenvalue weighted by molar-refractivity contribution is -0.145. The maximum Gasteiger partial charge on any atom is 0.451 e. The molecule has 0 aliphatic heterocycles. The first kappa shape index (κ1) is 19.2. The van der Waals surface area contributed by atoms with E-state index in [1.54, 1.807) is 6.07 Å². The van der Waals surface area contributed by atoms with Gasteiger partial charge in [0, 0.05) is 18.9 Å². The molecule has 2 N–H and O–H groups in total. The number of methoxy groups -OCH3 is 1. The average molecular weight is 369 g/mol. The number of halogens is 3. The van der Waals surface area contributed by atoms with E-state index in [4.69, 9.17) is 9.84 Å². The molecule has 7 nitrogen and oxygen atoms in total. The number of nitrogens with one attached hydrogen (secondary N) is 1. The molecule has 10 heteroatoms. The molecule has 0 aliphatic carbocycles. The number of carbonyl (C=O) groups is 2. The Bertz CT molecular complexity index is 807. The highest BCUT2D eigenvalue weighted by molar-refractivity contribution is 5.93. The van der Waals surface area contributed by atoms with Crippen molar-refractivity contribution in [1.82, 2.24) is 15.3 Å². The number of carboxylic acid groups (broad SMARTS) is 1. The zero-order valence-electron chi connectivity index (χ0n) is 13.5. The van der Waals surface area contributed by atoms with Crippen molar-refractivity contribution in [3.05, 3.63) is 53.1 Å². The van der Waals surface area contributed by atoms with Gasteiger partial charge in [-0.25, -0.2) is 14.8 Å². The second-order valence-electron chi connectivity index (χ2n) is 5.13. The second-order valence-corrected chi connectivity index (χ2v) is 5.13. The molecule has 0 atom stereocenters. The van der Waals surface area contributed by atoms with Crippen LogP contribution in [0.4, 0.5) is 13.2 Å². The van der Waals surface area contributed by atoms with E-state index in [9.17, 15) is 22.8 Å². The summed E-state index contributed by atoms with van der Waals surface area (Å²) < 4.78 is 42.3. The number of aromatic nitrogens is 2. The minimum Gasteiger partial charge on any atom is -0.496 e. The molecule has 26 heavy (non-hydrogen) atoms. The van der Waals surface area contributed by atoms with Crippen LogP contribution < -0.4 is 10.1 Å². The molecule has 138 valence electrons. The normalized spacial score (nSPS) is 11.1. The lowest BCUT2D eigenvalue weighted by Gasteiger charge is -2.10. The topological polar surface area (TPSA) is 101 Å². The molecule has 0 spiro atoms. The third-order valence-electron chi connectivity index (χ3n) is 3.38. The van der Waals surface area contributed by atoms with E-state index in [-0.39, 0.29) is 17.7 Å². The van der Waals surface area contributed by atoms with Gasteiger partial charge in [-0.05, 0) is 24.1 Å². The maximum atomic E-state index is 12.4. The summed E-state index contributed by atoms with van der Waals surface area (Å²) >= 11 is 0. The highest BCUT2D eigenvalue weighted by Gasteiger charge is 2.34. The predicted octanol–water partition coefficient (Wildman–Crippen LogP) is 2.17. The van der Waals surface area contributed by atoms with Crippen LogP contribution in [0.3, 0.4) is 0 Å². The van der Waals surface area contributed by atoms with E-state index in [1.807, 2.05) is 0 Å². The lowest BCUT2D eigenvalue weighted by atomic mass is 10.1. The van der Waals surface area contributed by atoms with Gasteiger partial charge in [-0.3, -0.25) is 4.79 Å². The quantitative estimate of drug-likeness (QED) is 0.809. The summed E-state index contributed by atoms with van der Waals surface area (Å²) in [5.41, 5.74) is 0.629. The Labute approximate surface area is 145 Å². The molecule has 0 fully saturated rings. The Balaban J connectivity index is 1.97. The van der Waals surface area contributed by atoms with Crippen LogP contribution in [0.5, 0.6) is 5.75 Å². The Morgan fingerprint density at radius 3 is 2.38 bits per heavy atom. The molecular formula is C16H14F3N3O4. The largest absolute Gasteiger partial charge is 0.496 e. The molecule has 1 aromatic heterocycles. The van der Waals surface area contributed by atoms with E-state index in [2.05, 4.69) is 15.3 Å². The van der Waals surface area contributed by atoms with Gasteiger partial charge in [0.15, 0.2) is 0 Å². The fraction of sp³-hybridized carbons (Fsp3) is 0.250. The van der Waals surface area contributed by atoms with Gasteiger partial charge in [-0.15, -0.1) is 0 Å². The number of amides is 1. The van der Waals surface area contributed by atoms with Crippen LogP contribution >= 0.6 is 0 Å². The van der Waals surface area contributed by atoms with Gasteiger partial charge in [0.2, 0.25) is 5.82 Å². The summed E-state index contributed by atoms with van der Waals surface area (Å²) in [6.07, 6.45) is -2.75. The van der Waals surface area contributed by atoms with Crippen molar-refractivity contribution >= 4 is 11.9 Å². The van der Waals surface area contributed by atoms with Crippen molar-refractivity contribution < 1.29 is 32.6 Å². The van der Waals surface area contributed by atoms with Crippen LogP contribution in [0.2, 0.25) is 0 Å². The molecule has 0 bridgehead atoms. The average Bonchev–Trinajstić information content (AvgIpc) is 2.61. The predicted molar refractivity (Wildman–Crippen MR) is 83.0 cm³/mol. The third kappa shape index (κ3) is 4.68. The number of benzene rings is 1. The maximum absolute atomic E-state index is 12.4. The van der Waals surface area contributed by atoms with E-state index in [0.29, 0.717) is 17.7 Å². The van der Waals surface area contributed by atoms with Crippen LogP contribution in [0, 0.1) is 0 Å². The van der Waals surface area contributed by atoms with Gasteiger partial charge in [-0.1, -0.05) is 6.07 Å². The number of rotatable bonds is 6. The van der Waals surface area contributed by atoms with E-state index in [0.717, 1.165) is 12.4 Å². The summed E-state index contributed by atoms with van der Waals surface area (Å²) in [6.45, 7) is 0.155. The minimum atomic E-state index is -4.67. The number of carboxylic acids is 1. The van der Waals surface area contributed by atoms with Gasteiger partial charge < -0.3 is 15.2 Å². The molecule has 0 saturated carbocycles. The van der Waals surface area contributed by atoms with Gasteiger partial charge >= 0.3 is 12.1 Å². The number of carbonyl (C=O) groups excluding carboxylic acids is 1. The fourth-order valence-electron chi connectivity index (χ4n) is 2.09. The smallest absolute Gasteiger partial charge is 0.451 e. The van der Waals surface area contributed by atoms with Crippen molar-refractivity contribution in [1.29, 1.82) is 0 Å². The highest BCUT2D eigenvalue weighted by Crippen LogP contribution is 2.25. The summed E-state index contributed by atoms with van der Waals surface area (Å²) in [4.78, 5) is 29.1. The number of hydrogen-bond donors (Lipinski definition) is 2. The molecule has 0 saturated heterocycles. The molecule has 0 unspecified atom stereocenters. The van der Waals surface area contributed by atoms with Gasteiger partial charge in [-0.2, -0.15) is 13.2 Å². The summed E-state index contributed by atoms with van der Waals surface area (Å²) in [7, 11) is 1.39. The number of ether oxygens (including phenoxy) is 1. The Morgan fingerprint density at radius 1 is 1.19 bits per heavy atom. The molecule has 1 aromatic carbocycles. The minimum absolute atomic E-state index is 0.0662. The summed E-state index contributed by atoms with van der Waals surface area (Å²) in [6, 6.07) is 4.34.